The highest BCUT2D eigenvalue weighted by Crippen LogP contribution is 2.37. The second-order valence-corrected chi connectivity index (χ2v) is 11.9. The van der Waals surface area contributed by atoms with Crippen LogP contribution in [-0.4, -0.2) is 50.6 Å². The molecule has 10 heteroatoms. The van der Waals surface area contributed by atoms with E-state index in [1.54, 1.807) is 18.5 Å². The van der Waals surface area contributed by atoms with Gasteiger partial charge in [0.25, 0.3) is 5.91 Å². The van der Waals surface area contributed by atoms with Crippen LogP contribution in [0.5, 0.6) is 0 Å². The Bertz CT molecular complexity index is 1760. The predicted molar refractivity (Wildman–Crippen MR) is 152 cm³/mol. The minimum absolute atomic E-state index is 0.0493. The van der Waals surface area contributed by atoms with E-state index < -0.39 is 9.84 Å². The van der Waals surface area contributed by atoms with Crippen molar-refractivity contribution in [2.45, 2.75) is 18.9 Å². The van der Waals surface area contributed by atoms with E-state index in [0.29, 0.717) is 35.6 Å². The second kappa shape index (κ2) is 10.8. The fraction of sp³-hybridized carbons (Fsp3) is 0.167. The van der Waals surface area contributed by atoms with Gasteiger partial charge in [0.1, 0.15) is 5.69 Å². The number of nitrogens with zero attached hydrogens (tertiary/aromatic N) is 5. The maximum absolute atomic E-state index is 13.0. The summed E-state index contributed by atoms with van der Waals surface area (Å²) >= 11 is 0. The van der Waals surface area contributed by atoms with E-state index in [4.69, 9.17) is 5.10 Å². The quantitative estimate of drug-likeness (QED) is 0.314. The maximum atomic E-state index is 13.0. The SMILES string of the molecule is O=C(Nc1cnccn1)c1cccc(Cc2c(-c3ccccn3)nn(C3CCS(=O)(=O)C3)c2-c2ccccc2)c1. The standard InChI is InChI=1S/C30H26N6O3S/c37-30(34-27-19-31-14-15-33-27)23-10-6-7-21(17-23)18-25-28(26-11-4-5-13-32-26)35-36(24-12-16-40(38,39)20-24)29(25)22-8-2-1-3-9-22/h1-11,13-15,17,19,24H,12,16,18,20H2,(H,33,34,37). The van der Waals surface area contributed by atoms with Gasteiger partial charge in [-0.25, -0.2) is 13.4 Å². The van der Waals surface area contributed by atoms with Gasteiger partial charge in [0.05, 0.1) is 35.1 Å². The molecule has 2 aromatic carbocycles. The molecule has 40 heavy (non-hydrogen) atoms. The van der Waals surface area contributed by atoms with Gasteiger partial charge in [-0.15, -0.1) is 0 Å². The van der Waals surface area contributed by atoms with Crippen molar-refractivity contribution < 1.29 is 13.2 Å². The van der Waals surface area contributed by atoms with Crippen LogP contribution in [0, 0.1) is 0 Å². The van der Waals surface area contributed by atoms with E-state index in [1.165, 1.54) is 12.4 Å². The number of anilines is 1. The highest BCUT2D eigenvalue weighted by molar-refractivity contribution is 7.91. The third-order valence-corrected chi connectivity index (χ3v) is 8.64. The molecular weight excluding hydrogens is 524 g/mol. The first-order chi connectivity index (χ1) is 19.5. The normalized spacial score (nSPS) is 16.1. The Balaban J connectivity index is 1.45. The number of carbonyl (C=O) groups is 1. The summed E-state index contributed by atoms with van der Waals surface area (Å²) in [6.45, 7) is 0. The van der Waals surface area contributed by atoms with Gasteiger partial charge >= 0.3 is 0 Å². The van der Waals surface area contributed by atoms with E-state index in [2.05, 4.69) is 20.3 Å². The van der Waals surface area contributed by atoms with Gasteiger partial charge in [0.15, 0.2) is 15.7 Å². The van der Waals surface area contributed by atoms with Gasteiger partial charge in [-0.1, -0.05) is 48.5 Å². The molecule has 1 atom stereocenters. The van der Waals surface area contributed by atoms with Crippen molar-refractivity contribution in [3.05, 3.63) is 114 Å². The number of sulfone groups is 1. The molecule has 1 amide bonds. The molecule has 1 unspecified atom stereocenters. The summed E-state index contributed by atoms with van der Waals surface area (Å²) in [5, 5.41) is 7.79. The van der Waals surface area contributed by atoms with Crippen LogP contribution in [0.25, 0.3) is 22.6 Å². The van der Waals surface area contributed by atoms with Gasteiger partial charge in [-0.05, 0) is 36.2 Å². The lowest BCUT2D eigenvalue weighted by atomic mass is 9.96. The number of pyridine rings is 1. The third-order valence-electron chi connectivity index (χ3n) is 6.89. The topological polar surface area (TPSA) is 120 Å². The molecule has 1 saturated heterocycles. The van der Waals surface area contributed by atoms with E-state index in [1.807, 2.05) is 71.4 Å². The number of nitrogens with one attached hydrogen (secondary N) is 1. The largest absolute Gasteiger partial charge is 0.305 e. The first-order valence-electron chi connectivity index (χ1n) is 12.9. The number of benzene rings is 2. The minimum Gasteiger partial charge on any atom is -0.305 e. The van der Waals surface area contributed by atoms with Crippen molar-refractivity contribution in [3.8, 4) is 22.6 Å². The number of hydrogen-bond acceptors (Lipinski definition) is 7. The lowest BCUT2D eigenvalue weighted by Crippen LogP contribution is -2.14. The number of rotatable bonds is 7. The van der Waals surface area contributed by atoms with Crippen LogP contribution in [0.15, 0.2) is 97.6 Å². The Morgan fingerprint density at radius 2 is 1.80 bits per heavy atom. The van der Waals surface area contributed by atoms with Crippen LogP contribution in [0.4, 0.5) is 5.82 Å². The summed E-state index contributed by atoms with van der Waals surface area (Å²) in [6, 6.07) is 22.7. The Hall–Kier alpha value is -4.70. The molecule has 5 aromatic rings. The van der Waals surface area contributed by atoms with Crippen molar-refractivity contribution >= 4 is 21.6 Å². The lowest BCUT2D eigenvalue weighted by Gasteiger charge is -2.15. The van der Waals surface area contributed by atoms with Crippen molar-refractivity contribution in [3.63, 3.8) is 0 Å². The fourth-order valence-electron chi connectivity index (χ4n) is 5.06. The van der Waals surface area contributed by atoms with Gasteiger partial charge in [-0.2, -0.15) is 5.10 Å². The number of aromatic nitrogens is 5. The smallest absolute Gasteiger partial charge is 0.256 e. The van der Waals surface area contributed by atoms with E-state index >= 15 is 0 Å². The molecule has 0 bridgehead atoms. The molecule has 4 heterocycles. The van der Waals surface area contributed by atoms with Gasteiger partial charge in [-0.3, -0.25) is 19.4 Å². The van der Waals surface area contributed by atoms with Crippen LogP contribution in [0.3, 0.4) is 0 Å². The minimum atomic E-state index is -3.14. The zero-order valence-electron chi connectivity index (χ0n) is 21.5. The van der Waals surface area contributed by atoms with Gasteiger partial charge in [0.2, 0.25) is 0 Å². The average molecular weight is 551 g/mol. The molecule has 1 fully saturated rings. The Labute approximate surface area is 231 Å². The fourth-order valence-corrected chi connectivity index (χ4v) is 6.75. The third kappa shape index (κ3) is 5.39. The molecule has 0 spiro atoms. The zero-order valence-corrected chi connectivity index (χ0v) is 22.3. The Kier molecular flexibility index (Phi) is 6.91. The van der Waals surface area contributed by atoms with Crippen LogP contribution in [0.2, 0.25) is 0 Å². The summed E-state index contributed by atoms with van der Waals surface area (Å²) in [5.74, 6) is 0.272. The van der Waals surface area contributed by atoms with Crippen LogP contribution in [-0.2, 0) is 16.3 Å². The van der Waals surface area contributed by atoms with Crippen LogP contribution < -0.4 is 5.32 Å². The molecule has 0 aliphatic carbocycles. The van der Waals surface area contributed by atoms with Gasteiger partial charge in [0, 0.05) is 41.7 Å². The molecular formula is C30H26N6O3S. The molecule has 1 aliphatic heterocycles. The second-order valence-electron chi connectivity index (χ2n) is 9.68. The van der Waals surface area contributed by atoms with Crippen LogP contribution in [0.1, 0.15) is 33.9 Å². The van der Waals surface area contributed by atoms with Crippen molar-refractivity contribution in [1.29, 1.82) is 0 Å². The van der Waals surface area contributed by atoms with E-state index in [9.17, 15) is 13.2 Å². The molecule has 1 aliphatic rings. The molecule has 9 nitrogen and oxygen atoms in total. The van der Waals surface area contributed by atoms with Crippen molar-refractivity contribution in [2.24, 2.45) is 0 Å². The number of carbonyl (C=O) groups excluding carboxylic acids is 1. The molecule has 0 saturated carbocycles. The summed E-state index contributed by atoms with van der Waals surface area (Å²) in [6.07, 6.45) is 7.23. The molecule has 0 radical (unpaired) electrons. The monoisotopic (exact) mass is 550 g/mol. The first kappa shape index (κ1) is 25.6. The summed E-state index contributed by atoms with van der Waals surface area (Å²) in [5.41, 5.74) is 5.49. The Morgan fingerprint density at radius 1 is 0.950 bits per heavy atom. The average Bonchev–Trinajstić information content (AvgIpc) is 3.54. The number of amides is 1. The van der Waals surface area contributed by atoms with Crippen molar-refractivity contribution in [2.75, 3.05) is 16.8 Å². The van der Waals surface area contributed by atoms with E-state index in [0.717, 1.165) is 22.4 Å². The Morgan fingerprint density at radius 3 is 2.52 bits per heavy atom. The number of hydrogen-bond donors (Lipinski definition) is 1. The summed E-state index contributed by atoms with van der Waals surface area (Å²) < 4.78 is 26.8. The van der Waals surface area contributed by atoms with Crippen molar-refractivity contribution in [1.82, 2.24) is 24.7 Å². The zero-order chi connectivity index (χ0) is 27.5. The summed E-state index contributed by atoms with van der Waals surface area (Å²) in [7, 11) is -3.14. The van der Waals surface area contributed by atoms with Crippen LogP contribution >= 0.6 is 0 Å². The predicted octanol–water partition coefficient (Wildman–Crippen LogP) is 4.60. The first-order valence-corrected chi connectivity index (χ1v) is 14.7. The summed E-state index contributed by atoms with van der Waals surface area (Å²) in [4.78, 5) is 25.7. The molecule has 3 aromatic heterocycles. The molecule has 1 N–H and O–H groups in total. The van der Waals surface area contributed by atoms with E-state index in [-0.39, 0.29) is 23.5 Å². The van der Waals surface area contributed by atoms with Gasteiger partial charge < -0.3 is 5.32 Å². The highest BCUT2D eigenvalue weighted by atomic mass is 32.2. The molecule has 6 rings (SSSR count). The highest BCUT2D eigenvalue weighted by Gasteiger charge is 2.33. The molecule has 200 valence electrons. The lowest BCUT2D eigenvalue weighted by molar-refractivity contribution is 0.102. The maximum Gasteiger partial charge on any atom is 0.256 e.